The van der Waals surface area contributed by atoms with Crippen LogP contribution in [0.3, 0.4) is 0 Å². The van der Waals surface area contributed by atoms with Crippen LogP contribution in [-0.4, -0.2) is 39.9 Å². The molecule has 0 aliphatic rings. The van der Waals surface area contributed by atoms with Crippen LogP contribution in [0.25, 0.3) is 0 Å². The molecule has 0 fully saturated rings. The molecule has 0 radical (unpaired) electrons. The number of urea groups is 1. The third kappa shape index (κ3) is 5.09. The van der Waals surface area contributed by atoms with Gasteiger partial charge in [0.2, 0.25) is 0 Å². The zero-order valence-electron chi connectivity index (χ0n) is 10.7. The van der Waals surface area contributed by atoms with Crippen molar-refractivity contribution < 1.29 is 18.9 Å². The second-order valence-corrected chi connectivity index (χ2v) is 5.55. The van der Waals surface area contributed by atoms with Gasteiger partial charge in [-0.25, -0.2) is 9.59 Å². The highest BCUT2D eigenvalue weighted by Gasteiger charge is 2.09. The minimum atomic E-state index is -1.04. The lowest BCUT2D eigenvalue weighted by molar-refractivity contribution is 0.0696. The molecule has 0 aromatic heterocycles. The van der Waals surface area contributed by atoms with Gasteiger partial charge in [-0.05, 0) is 24.6 Å². The molecule has 7 heteroatoms. The first-order valence-electron chi connectivity index (χ1n) is 5.59. The van der Waals surface area contributed by atoms with E-state index in [1.54, 1.807) is 25.3 Å². The van der Waals surface area contributed by atoms with Gasteiger partial charge in [0.05, 0.1) is 5.56 Å². The molecule has 0 saturated heterocycles. The summed E-state index contributed by atoms with van der Waals surface area (Å²) >= 11 is 0. The fourth-order valence-corrected chi connectivity index (χ4v) is 1.80. The predicted molar refractivity (Wildman–Crippen MR) is 74.1 cm³/mol. The molecule has 0 heterocycles. The SMILES string of the molecule is Cc1ccc(NC(=O)NCCS(C)=O)cc1C(=O)O. The Morgan fingerprint density at radius 1 is 1.37 bits per heavy atom. The summed E-state index contributed by atoms with van der Waals surface area (Å²) in [5.74, 6) is -0.662. The number of amides is 2. The van der Waals surface area contributed by atoms with Crippen molar-refractivity contribution in [1.29, 1.82) is 0 Å². The number of carbonyl (C=O) groups excluding carboxylic acids is 1. The molecule has 3 N–H and O–H groups in total. The molecule has 0 saturated carbocycles. The molecule has 0 spiro atoms. The number of hydrogen-bond donors (Lipinski definition) is 3. The molecular formula is C12H16N2O4S. The highest BCUT2D eigenvalue weighted by molar-refractivity contribution is 7.84. The summed E-state index contributed by atoms with van der Waals surface area (Å²) in [6, 6.07) is 4.19. The monoisotopic (exact) mass is 284 g/mol. The first kappa shape index (κ1) is 15.2. The Balaban J connectivity index is 2.62. The van der Waals surface area contributed by atoms with Gasteiger partial charge in [-0.1, -0.05) is 6.07 Å². The second kappa shape index (κ2) is 6.89. The first-order chi connectivity index (χ1) is 8.90. The van der Waals surface area contributed by atoms with Gasteiger partial charge in [0.15, 0.2) is 0 Å². The largest absolute Gasteiger partial charge is 0.478 e. The summed E-state index contributed by atoms with van der Waals surface area (Å²) in [5.41, 5.74) is 1.17. The van der Waals surface area contributed by atoms with Crippen molar-refractivity contribution in [3.05, 3.63) is 29.3 Å². The smallest absolute Gasteiger partial charge is 0.336 e. The van der Waals surface area contributed by atoms with Crippen LogP contribution < -0.4 is 10.6 Å². The van der Waals surface area contributed by atoms with Gasteiger partial charge in [-0.15, -0.1) is 0 Å². The van der Waals surface area contributed by atoms with Crippen molar-refractivity contribution >= 4 is 28.5 Å². The number of hydrogen-bond acceptors (Lipinski definition) is 3. The van der Waals surface area contributed by atoms with Gasteiger partial charge in [0.1, 0.15) is 0 Å². The van der Waals surface area contributed by atoms with Gasteiger partial charge in [-0.2, -0.15) is 0 Å². The molecule has 6 nitrogen and oxygen atoms in total. The number of nitrogens with one attached hydrogen (secondary N) is 2. The van der Waals surface area contributed by atoms with Gasteiger partial charge in [-0.3, -0.25) is 4.21 Å². The second-order valence-electron chi connectivity index (χ2n) is 3.99. The lowest BCUT2D eigenvalue weighted by Gasteiger charge is -2.08. The molecule has 0 bridgehead atoms. The van der Waals surface area contributed by atoms with Crippen LogP contribution in [0.15, 0.2) is 18.2 Å². The van der Waals surface area contributed by atoms with Crippen molar-refractivity contribution in [2.45, 2.75) is 6.92 Å². The Morgan fingerprint density at radius 2 is 2.05 bits per heavy atom. The zero-order valence-corrected chi connectivity index (χ0v) is 11.5. The topological polar surface area (TPSA) is 95.5 Å². The van der Waals surface area contributed by atoms with Crippen molar-refractivity contribution in [1.82, 2.24) is 5.32 Å². The Labute approximate surface area is 113 Å². The first-order valence-corrected chi connectivity index (χ1v) is 7.31. The Morgan fingerprint density at radius 3 is 2.63 bits per heavy atom. The minimum Gasteiger partial charge on any atom is -0.478 e. The number of aromatic carboxylic acids is 1. The molecule has 19 heavy (non-hydrogen) atoms. The summed E-state index contributed by atoms with van der Waals surface area (Å²) in [6.07, 6.45) is 1.55. The number of carbonyl (C=O) groups is 2. The third-order valence-electron chi connectivity index (χ3n) is 2.40. The van der Waals surface area contributed by atoms with E-state index in [0.717, 1.165) is 0 Å². The van der Waals surface area contributed by atoms with E-state index in [1.807, 2.05) is 0 Å². The molecule has 0 aliphatic carbocycles. The van der Waals surface area contributed by atoms with Crippen LogP contribution in [0.2, 0.25) is 0 Å². The maximum absolute atomic E-state index is 11.5. The lowest BCUT2D eigenvalue weighted by atomic mass is 10.1. The van der Waals surface area contributed by atoms with Crippen LogP contribution in [0.1, 0.15) is 15.9 Å². The van der Waals surface area contributed by atoms with E-state index in [1.165, 1.54) is 6.07 Å². The normalized spacial score (nSPS) is 11.7. The van der Waals surface area contributed by atoms with E-state index in [-0.39, 0.29) is 5.56 Å². The lowest BCUT2D eigenvalue weighted by Crippen LogP contribution is -2.31. The van der Waals surface area contributed by atoms with Crippen molar-refractivity contribution in [2.24, 2.45) is 0 Å². The van der Waals surface area contributed by atoms with Crippen LogP contribution in [0, 0.1) is 6.92 Å². The molecule has 1 aromatic rings. The van der Waals surface area contributed by atoms with Crippen molar-refractivity contribution in [2.75, 3.05) is 23.9 Å². The molecule has 1 atom stereocenters. The summed E-state index contributed by atoms with van der Waals surface area (Å²) in [7, 11) is -0.962. The van der Waals surface area contributed by atoms with E-state index in [9.17, 15) is 13.8 Å². The van der Waals surface area contributed by atoms with Crippen molar-refractivity contribution in [3.8, 4) is 0 Å². The molecule has 1 aromatic carbocycles. The third-order valence-corrected chi connectivity index (χ3v) is 3.18. The van der Waals surface area contributed by atoms with Crippen LogP contribution in [0.5, 0.6) is 0 Å². The molecule has 1 unspecified atom stereocenters. The molecule has 0 aliphatic heterocycles. The van der Waals surface area contributed by atoms with E-state index in [0.29, 0.717) is 23.5 Å². The standard InChI is InChI=1S/C12H16N2O4S/c1-8-3-4-9(7-10(8)11(15)16)14-12(17)13-5-6-19(2)18/h3-4,7H,5-6H2,1-2H3,(H,15,16)(H2,13,14,17). The van der Waals surface area contributed by atoms with Gasteiger partial charge in [0, 0.05) is 35.0 Å². The maximum Gasteiger partial charge on any atom is 0.336 e. The molecule has 104 valence electrons. The number of rotatable bonds is 5. The average molecular weight is 284 g/mol. The van der Waals surface area contributed by atoms with Crippen LogP contribution in [-0.2, 0) is 10.8 Å². The zero-order chi connectivity index (χ0) is 14.4. The number of carboxylic acid groups (broad SMARTS) is 1. The minimum absolute atomic E-state index is 0.146. The summed E-state index contributed by atoms with van der Waals surface area (Å²) in [6.45, 7) is 1.98. The number of benzene rings is 1. The Hall–Kier alpha value is -1.89. The van der Waals surface area contributed by atoms with Crippen LogP contribution >= 0.6 is 0 Å². The number of aryl methyl sites for hydroxylation is 1. The molecule has 1 rings (SSSR count). The van der Waals surface area contributed by atoms with Gasteiger partial charge < -0.3 is 15.7 Å². The van der Waals surface area contributed by atoms with Crippen molar-refractivity contribution in [3.63, 3.8) is 0 Å². The highest BCUT2D eigenvalue weighted by atomic mass is 32.2. The quantitative estimate of drug-likeness (QED) is 0.757. The van der Waals surface area contributed by atoms with Gasteiger partial charge >= 0.3 is 12.0 Å². The summed E-state index contributed by atoms with van der Waals surface area (Å²) in [5, 5.41) is 14.0. The molecule has 2 amide bonds. The Kier molecular flexibility index (Phi) is 5.50. The highest BCUT2D eigenvalue weighted by Crippen LogP contribution is 2.15. The fourth-order valence-electron chi connectivity index (χ4n) is 1.41. The van der Waals surface area contributed by atoms with E-state index >= 15 is 0 Å². The predicted octanol–water partition coefficient (Wildman–Crippen LogP) is 1.19. The maximum atomic E-state index is 11.5. The average Bonchev–Trinajstić information content (AvgIpc) is 2.30. The van der Waals surface area contributed by atoms with Crippen LogP contribution in [0.4, 0.5) is 10.5 Å². The summed E-state index contributed by atoms with van der Waals surface area (Å²) in [4.78, 5) is 22.4. The fraction of sp³-hybridized carbons (Fsp3) is 0.333. The summed E-state index contributed by atoms with van der Waals surface area (Å²) < 4.78 is 10.8. The van der Waals surface area contributed by atoms with Gasteiger partial charge in [0.25, 0.3) is 0 Å². The Bertz CT molecular complexity index is 516. The van der Waals surface area contributed by atoms with E-state index < -0.39 is 22.8 Å². The number of anilines is 1. The van der Waals surface area contributed by atoms with E-state index in [2.05, 4.69) is 10.6 Å². The molecular weight excluding hydrogens is 268 g/mol. The number of carboxylic acids is 1. The van der Waals surface area contributed by atoms with E-state index in [4.69, 9.17) is 5.11 Å².